The number of benzene rings is 1. The lowest BCUT2D eigenvalue weighted by atomic mass is 9.90. The van der Waals surface area contributed by atoms with Crippen LogP contribution < -0.4 is 0 Å². The van der Waals surface area contributed by atoms with Gasteiger partial charge in [-0.2, -0.15) is 0 Å². The number of hydrogen-bond acceptors (Lipinski definition) is 0. The van der Waals surface area contributed by atoms with E-state index in [9.17, 15) is 8.78 Å². The molecule has 1 atom stereocenters. The Bertz CT molecular complexity index is 336. The van der Waals surface area contributed by atoms with E-state index in [2.05, 4.69) is 15.9 Å². The highest BCUT2D eigenvalue weighted by Gasteiger charge is 2.24. The molecule has 2 rings (SSSR count). The molecule has 0 saturated carbocycles. The average Bonchev–Trinajstić information content (AvgIpc) is 2.12. The molecule has 0 amide bonds. The maximum absolute atomic E-state index is 13.4. The maximum Gasteiger partial charge on any atom is 0.129 e. The first-order valence-corrected chi connectivity index (χ1v) is 5.10. The predicted octanol–water partition coefficient (Wildman–Crippen LogP) is 3.94. The number of alkyl halides is 1. The Labute approximate surface area is 84.1 Å². The topological polar surface area (TPSA) is 0 Å². The molecule has 1 aromatic carbocycles. The van der Waals surface area contributed by atoms with Crippen LogP contribution in [-0.4, -0.2) is 0 Å². The molecule has 1 aliphatic carbocycles. The molecule has 0 radical (unpaired) electrons. The van der Waals surface area contributed by atoms with Gasteiger partial charge in [-0.3, -0.25) is 0 Å². The minimum atomic E-state index is -1.12. The predicted molar refractivity (Wildman–Crippen MR) is 50.9 cm³/mol. The lowest BCUT2D eigenvalue weighted by Gasteiger charge is -2.21. The summed E-state index contributed by atoms with van der Waals surface area (Å²) >= 11 is 3.31. The summed E-state index contributed by atoms with van der Waals surface area (Å²) in [7, 11) is 0. The third-order valence-electron chi connectivity index (χ3n) is 2.44. The lowest BCUT2D eigenvalue weighted by molar-refractivity contribution is 0.292. The summed E-state index contributed by atoms with van der Waals surface area (Å²) in [6.07, 6.45) is 0.895. The van der Waals surface area contributed by atoms with Crippen molar-refractivity contribution in [1.29, 1.82) is 0 Å². The molecule has 1 unspecified atom stereocenters. The fraction of sp³-hybridized carbons (Fsp3) is 0.400. The van der Waals surface area contributed by atoms with E-state index in [1.165, 1.54) is 6.07 Å². The Morgan fingerprint density at radius 2 is 2.15 bits per heavy atom. The van der Waals surface area contributed by atoms with E-state index in [1.807, 2.05) is 0 Å². The van der Waals surface area contributed by atoms with Gasteiger partial charge < -0.3 is 0 Å². The second kappa shape index (κ2) is 3.37. The molecule has 3 heteroatoms. The summed E-state index contributed by atoms with van der Waals surface area (Å²) in [5.74, 6) is -0.412. The number of hydrogen-bond donors (Lipinski definition) is 0. The molecule has 1 aliphatic rings. The first-order valence-electron chi connectivity index (χ1n) is 4.31. The smallest absolute Gasteiger partial charge is 0.129 e. The van der Waals surface area contributed by atoms with Gasteiger partial charge in [0, 0.05) is 10.0 Å². The fourth-order valence-electron chi connectivity index (χ4n) is 1.80. The molecule has 70 valence electrons. The van der Waals surface area contributed by atoms with Crippen molar-refractivity contribution in [3.8, 4) is 0 Å². The first-order chi connectivity index (χ1) is 6.20. The van der Waals surface area contributed by atoms with Crippen molar-refractivity contribution in [3.63, 3.8) is 0 Å². The zero-order valence-corrected chi connectivity index (χ0v) is 8.57. The van der Waals surface area contributed by atoms with E-state index in [0.717, 1.165) is 22.9 Å². The van der Waals surface area contributed by atoms with Crippen molar-refractivity contribution < 1.29 is 8.78 Å². The zero-order valence-electron chi connectivity index (χ0n) is 6.99. The standard InChI is InChI=1S/C10H9BrF2/c11-7-4-5-9(13)10-6(7)2-1-3-8(10)12/h4-5,8H,1-3H2. The minimum Gasteiger partial charge on any atom is -0.242 e. The van der Waals surface area contributed by atoms with E-state index in [1.54, 1.807) is 6.07 Å². The van der Waals surface area contributed by atoms with E-state index in [0.29, 0.717) is 6.42 Å². The molecule has 0 heterocycles. The van der Waals surface area contributed by atoms with Crippen LogP contribution in [0.4, 0.5) is 8.78 Å². The summed E-state index contributed by atoms with van der Waals surface area (Å²) in [4.78, 5) is 0. The van der Waals surface area contributed by atoms with Crippen LogP contribution in [0.2, 0.25) is 0 Å². The van der Waals surface area contributed by atoms with Crippen molar-refractivity contribution in [1.82, 2.24) is 0 Å². The van der Waals surface area contributed by atoms with Gasteiger partial charge in [-0.15, -0.1) is 0 Å². The van der Waals surface area contributed by atoms with Crippen molar-refractivity contribution in [3.05, 3.63) is 33.5 Å². The number of fused-ring (bicyclic) bond motifs is 1. The molecular formula is C10H9BrF2. The largest absolute Gasteiger partial charge is 0.242 e. The first kappa shape index (κ1) is 9.13. The van der Waals surface area contributed by atoms with Crippen LogP contribution in [0, 0.1) is 5.82 Å². The van der Waals surface area contributed by atoms with Crippen LogP contribution in [0.3, 0.4) is 0 Å². The summed E-state index contributed by atoms with van der Waals surface area (Å²) < 4.78 is 27.4. The molecule has 1 aromatic rings. The molecule has 0 spiro atoms. The highest BCUT2D eigenvalue weighted by atomic mass is 79.9. The van der Waals surface area contributed by atoms with Gasteiger partial charge in [0.05, 0.1) is 0 Å². The number of rotatable bonds is 0. The highest BCUT2D eigenvalue weighted by molar-refractivity contribution is 9.10. The third-order valence-corrected chi connectivity index (χ3v) is 3.19. The lowest BCUT2D eigenvalue weighted by Crippen LogP contribution is -2.09. The van der Waals surface area contributed by atoms with Crippen LogP contribution in [0.5, 0.6) is 0 Å². The third kappa shape index (κ3) is 1.50. The fourth-order valence-corrected chi connectivity index (χ4v) is 2.35. The second-order valence-electron chi connectivity index (χ2n) is 3.28. The van der Waals surface area contributed by atoms with Crippen LogP contribution in [0.1, 0.15) is 30.1 Å². The van der Waals surface area contributed by atoms with E-state index in [4.69, 9.17) is 0 Å². The summed E-state index contributed by atoms with van der Waals surface area (Å²) in [6, 6.07) is 2.97. The van der Waals surface area contributed by atoms with Gasteiger partial charge in [0.2, 0.25) is 0 Å². The van der Waals surface area contributed by atoms with Gasteiger partial charge in [0.1, 0.15) is 12.0 Å². The van der Waals surface area contributed by atoms with Gasteiger partial charge in [0.15, 0.2) is 0 Å². The molecule has 0 aliphatic heterocycles. The van der Waals surface area contributed by atoms with Gasteiger partial charge in [-0.1, -0.05) is 15.9 Å². The monoisotopic (exact) mass is 246 g/mol. The van der Waals surface area contributed by atoms with E-state index in [-0.39, 0.29) is 5.56 Å². The van der Waals surface area contributed by atoms with Crippen molar-refractivity contribution in [2.24, 2.45) is 0 Å². The van der Waals surface area contributed by atoms with E-state index < -0.39 is 12.0 Å². The van der Waals surface area contributed by atoms with Crippen molar-refractivity contribution >= 4 is 15.9 Å². The SMILES string of the molecule is Fc1ccc(Br)c2c1C(F)CCC2. The average molecular weight is 247 g/mol. The molecule has 0 nitrogen and oxygen atoms in total. The Hall–Kier alpha value is -0.440. The van der Waals surface area contributed by atoms with Crippen LogP contribution >= 0.6 is 15.9 Å². The Kier molecular flexibility index (Phi) is 2.37. The van der Waals surface area contributed by atoms with Crippen molar-refractivity contribution in [2.45, 2.75) is 25.4 Å². The second-order valence-corrected chi connectivity index (χ2v) is 4.14. The molecule has 0 aromatic heterocycles. The molecular weight excluding hydrogens is 238 g/mol. The molecule has 0 fully saturated rings. The normalized spacial score (nSPS) is 21.3. The molecule has 0 saturated heterocycles. The minimum absolute atomic E-state index is 0.264. The zero-order chi connectivity index (χ0) is 9.42. The molecule has 0 N–H and O–H groups in total. The van der Waals surface area contributed by atoms with Crippen LogP contribution in [0.15, 0.2) is 16.6 Å². The quantitative estimate of drug-likeness (QED) is 0.651. The maximum atomic E-state index is 13.4. The summed E-state index contributed by atoms with van der Waals surface area (Å²) in [5.41, 5.74) is 1.07. The molecule has 0 bridgehead atoms. The van der Waals surface area contributed by atoms with Crippen molar-refractivity contribution in [2.75, 3.05) is 0 Å². The summed E-state index contributed by atoms with van der Waals surface area (Å²) in [5, 5.41) is 0. The Morgan fingerprint density at radius 1 is 1.38 bits per heavy atom. The van der Waals surface area contributed by atoms with E-state index >= 15 is 0 Å². The number of halogens is 3. The highest BCUT2D eigenvalue weighted by Crippen LogP contribution is 2.37. The summed E-state index contributed by atoms with van der Waals surface area (Å²) in [6.45, 7) is 0. The van der Waals surface area contributed by atoms with Crippen LogP contribution in [-0.2, 0) is 6.42 Å². The van der Waals surface area contributed by atoms with Gasteiger partial charge in [-0.25, -0.2) is 8.78 Å². The van der Waals surface area contributed by atoms with Gasteiger partial charge >= 0.3 is 0 Å². The molecule has 13 heavy (non-hydrogen) atoms. The Balaban J connectivity index is 2.60. The van der Waals surface area contributed by atoms with Gasteiger partial charge in [0.25, 0.3) is 0 Å². The Morgan fingerprint density at radius 3 is 2.85 bits per heavy atom. The van der Waals surface area contributed by atoms with Crippen LogP contribution in [0.25, 0.3) is 0 Å². The van der Waals surface area contributed by atoms with Gasteiger partial charge in [-0.05, 0) is 37.0 Å².